The van der Waals surface area contributed by atoms with Crippen molar-refractivity contribution in [2.24, 2.45) is 0 Å². The highest BCUT2D eigenvalue weighted by Crippen LogP contribution is 2.27. The molecule has 2 rings (SSSR count). The van der Waals surface area contributed by atoms with E-state index >= 15 is 0 Å². The molecule has 0 unspecified atom stereocenters. The van der Waals surface area contributed by atoms with E-state index in [-0.39, 0.29) is 0 Å². The van der Waals surface area contributed by atoms with Crippen molar-refractivity contribution in [2.75, 3.05) is 32.7 Å². The second kappa shape index (κ2) is 6.71. The van der Waals surface area contributed by atoms with Gasteiger partial charge in [0.15, 0.2) is 0 Å². The highest BCUT2D eigenvalue weighted by Gasteiger charge is 2.30. The van der Waals surface area contributed by atoms with Crippen molar-refractivity contribution in [3.05, 3.63) is 35.9 Å². The Kier molecular flexibility index (Phi) is 4.97. The van der Waals surface area contributed by atoms with Crippen LogP contribution in [0.1, 0.15) is 31.7 Å². The van der Waals surface area contributed by atoms with Gasteiger partial charge in [0.05, 0.1) is 0 Å². The molecule has 0 spiro atoms. The third kappa shape index (κ3) is 3.57. The Morgan fingerprint density at radius 3 is 2.53 bits per heavy atom. The third-order valence-electron chi connectivity index (χ3n) is 4.07. The van der Waals surface area contributed by atoms with Crippen molar-refractivity contribution in [3.63, 3.8) is 0 Å². The molecule has 0 saturated carbocycles. The van der Waals surface area contributed by atoms with E-state index in [9.17, 15) is 4.79 Å². The Morgan fingerprint density at radius 2 is 1.89 bits per heavy atom. The Labute approximate surface area is 116 Å². The third-order valence-corrected chi connectivity index (χ3v) is 4.07. The Balaban J connectivity index is 1.89. The van der Waals surface area contributed by atoms with Gasteiger partial charge in [-0.3, -0.25) is 4.79 Å². The zero-order valence-electron chi connectivity index (χ0n) is 12.0. The van der Waals surface area contributed by atoms with Crippen LogP contribution in [0.2, 0.25) is 0 Å². The van der Waals surface area contributed by atoms with E-state index in [1.54, 1.807) is 0 Å². The fourth-order valence-electron chi connectivity index (χ4n) is 2.74. The Bertz CT molecular complexity index is 400. The molecule has 0 radical (unpaired) electrons. The van der Waals surface area contributed by atoms with Gasteiger partial charge in [-0.25, -0.2) is 0 Å². The number of carbonyl (C=O) groups excluding carboxylic acids is 1. The van der Waals surface area contributed by atoms with E-state index in [0.29, 0.717) is 18.2 Å². The normalized spacial score (nSPS) is 19.4. The first-order valence-electron chi connectivity index (χ1n) is 7.29. The van der Waals surface area contributed by atoms with Crippen LogP contribution in [0.15, 0.2) is 30.3 Å². The highest BCUT2D eigenvalue weighted by molar-refractivity contribution is 5.79. The Morgan fingerprint density at radius 1 is 1.21 bits per heavy atom. The molecular weight excluding hydrogens is 236 g/mol. The molecular formula is C16H24N2O. The lowest BCUT2D eigenvalue weighted by molar-refractivity contribution is -0.127. The molecule has 0 N–H and O–H groups in total. The molecule has 0 bridgehead atoms. The van der Waals surface area contributed by atoms with Gasteiger partial charge in [0.25, 0.3) is 0 Å². The maximum absolute atomic E-state index is 12.1. The smallest absolute Gasteiger partial charge is 0.223 e. The molecule has 1 aliphatic heterocycles. The summed E-state index contributed by atoms with van der Waals surface area (Å²) in [5.41, 5.74) is 1.29. The summed E-state index contributed by atoms with van der Waals surface area (Å²) in [7, 11) is 0. The van der Waals surface area contributed by atoms with Crippen molar-refractivity contribution in [2.45, 2.75) is 26.2 Å². The number of benzene rings is 1. The van der Waals surface area contributed by atoms with Gasteiger partial charge in [0, 0.05) is 32.0 Å². The summed E-state index contributed by atoms with van der Waals surface area (Å²) in [6.45, 7) is 9.18. The first-order chi connectivity index (χ1) is 9.24. The van der Waals surface area contributed by atoms with Crippen LogP contribution in [0.5, 0.6) is 0 Å². The fraction of sp³-hybridized carbons (Fsp3) is 0.562. The number of carbonyl (C=O) groups is 1. The second-order valence-electron chi connectivity index (χ2n) is 5.18. The summed E-state index contributed by atoms with van der Waals surface area (Å²) >= 11 is 0. The summed E-state index contributed by atoms with van der Waals surface area (Å²) in [5, 5.41) is 0. The topological polar surface area (TPSA) is 23.6 Å². The van der Waals surface area contributed by atoms with Gasteiger partial charge >= 0.3 is 0 Å². The molecule has 3 heteroatoms. The van der Waals surface area contributed by atoms with Gasteiger partial charge in [0.2, 0.25) is 5.91 Å². The van der Waals surface area contributed by atoms with Crippen molar-refractivity contribution < 1.29 is 4.79 Å². The standard InChI is InChI=1S/C16H24N2O/c1-3-17(4-2)10-11-18-13-15(12-16(18)19)14-8-6-5-7-9-14/h5-9,15H,3-4,10-13H2,1-2H3/t15-/m0/s1. The number of hydrogen-bond acceptors (Lipinski definition) is 2. The lowest BCUT2D eigenvalue weighted by Gasteiger charge is -2.23. The molecule has 1 heterocycles. The number of hydrogen-bond donors (Lipinski definition) is 0. The van der Waals surface area contributed by atoms with Crippen molar-refractivity contribution in [1.82, 2.24) is 9.80 Å². The van der Waals surface area contributed by atoms with Crippen LogP contribution in [0.25, 0.3) is 0 Å². The van der Waals surface area contributed by atoms with Gasteiger partial charge in [-0.15, -0.1) is 0 Å². The zero-order chi connectivity index (χ0) is 13.7. The minimum absolute atomic E-state index is 0.306. The van der Waals surface area contributed by atoms with E-state index in [1.807, 2.05) is 11.0 Å². The lowest BCUT2D eigenvalue weighted by Crippen LogP contribution is -2.35. The molecule has 104 valence electrons. The first-order valence-corrected chi connectivity index (χ1v) is 7.29. The van der Waals surface area contributed by atoms with Crippen LogP contribution in [0.3, 0.4) is 0 Å². The average Bonchev–Trinajstić information content (AvgIpc) is 2.82. The van der Waals surface area contributed by atoms with Gasteiger partial charge in [0.1, 0.15) is 0 Å². The van der Waals surface area contributed by atoms with Gasteiger partial charge in [-0.05, 0) is 18.7 Å². The summed E-state index contributed by atoms with van der Waals surface area (Å²) in [6, 6.07) is 10.4. The number of amides is 1. The number of likely N-dealkylation sites (N-methyl/N-ethyl adjacent to an activating group) is 1. The largest absolute Gasteiger partial charge is 0.341 e. The number of likely N-dealkylation sites (tertiary alicyclic amines) is 1. The number of nitrogens with zero attached hydrogens (tertiary/aromatic N) is 2. The molecule has 1 atom stereocenters. The monoisotopic (exact) mass is 260 g/mol. The molecule has 3 nitrogen and oxygen atoms in total. The summed E-state index contributed by atoms with van der Waals surface area (Å²) in [4.78, 5) is 16.4. The van der Waals surface area contributed by atoms with Crippen LogP contribution < -0.4 is 0 Å². The minimum atomic E-state index is 0.306. The lowest BCUT2D eigenvalue weighted by atomic mass is 9.99. The van der Waals surface area contributed by atoms with Crippen molar-refractivity contribution in [3.8, 4) is 0 Å². The molecule has 1 aliphatic rings. The maximum atomic E-state index is 12.1. The summed E-state index contributed by atoms with van der Waals surface area (Å²) in [6.07, 6.45) is 0.669. The molecule has 1 saturated heterocycles. The van der Waals surface area contributed by atoms with Crippen LogP contribution in [0, 0.1) is 0 Å². The predicted octanol–water partition coefficient (Wildman–Crippen LogP) is 2.34. The van der Waals surface area contributed by atoms with Crippen LogP contribution in [0.4, 0.5) is 0 Å². The zero-order valence-corrected chi connectivity index (χ0v) is 12.0. The van der Waals surface area contributed by atoms with E-state index < -0.39 is 0 Å². The quantitative estimate of drug-likeness (QED) is 0.784. The van der Waals surface area contributed by atoms with E-state index in [1.165, 1.54) is 5.56 Å². The van der Waals surface area contributed by atoms with Gasteiger partial charge in [-0.2, -0.15) is 0 Å². The minimum Gasteiger partial charge on any atom is -0.341 e. The highest BCUT2D eigenvalue weighted by atomic mass is 16.2. The Hall–Kier alpha value is -1.35. The predicted molar refractivity (Wildman–Crippen MR) is 78.2 cm³/mol. The summed E-state index contributed by atoms with van der Waals surface area (Å²) in [5.74, 6) is 0.686. The molecule has 0 aliphatic carbocycles. The van der Waals surface area contributed by atoms with E-state index in [2.05, 4.69) is 43.0 Å². The van der Waals surface area contributed by atoms with Crippen LogP contribution >= 0.6 is 0 Å². The molecule has 0 aromatic heterocycles. The van der Waals surface area contributed by atoms with Crippen LogP contribution in [-0.2, 0) is 4.79 Å². The molecule has 1 aromatic carbocycles. The van der Waals surface area contributed by atoms with Crippen LogP contribution in [-0.4, -0.2) is 48.4 Å². The fourth-order valence-corrected chi connectivity index (χ4v) is 2.74. The van der Waals surface area contributed by atoms with Gasteiger partial charge in [-0.1, -0.05) is 44.2 Å². The van der Waals surface area contributed by atoms with E-state index in [4.69, 9.17) is 0 Å². The summed E-state index contributed by atoms with van der Waals surface area (Å²) < 4.78 is 0. The maximum Gasteiger partial charge on any atom is 0.223 e. The molecule has 1 amide bonds. The molecule has 1 aromatic rings. The second-order valence-corrected chi connectivity index (χ2v) is 5.18. The first kappa shape index (κ1) is 14.1. The SMILES string of the molecule is CCN(CC)CCN1C[C@@H](c2ccccc2)CC1=O. The average molecular weight is 260 g/mol. The number of rotatable bonds is 6. The molecule has 19 heavy (non-hydrogen) atoms. The van der Waals surface area contributed by atoms with Crippen molar-refractivity contribution in [1.29, 1.82) is 0 Å². The van der Waals surface area contributed by atoms with E-state index in [0.717, 1.165) is 32.7 Å². The molecule has 1 fully saturated rings. The van der Waals surface area contributed by atoms with Gasteiger partial charge < -0.3 is 9.80 Å². The van der Waals surface area contributed by atoms with Crippen molar-refractivity contribution >= 4 is 5.91 Å².